The maximum absolute atomic E-state index is 10.4. The van der Waals surface area contributed by atoms with E-state index in [1.807, 2.05) is 0 Å². The van der Waals surface area contributed by atoms with Gasteiger partial charge >= 0.3 is 0 Å². The minimum atomic E-state index is 0.294. The van der Waals surface area contributed by atoms with Crippen LogP contribution in [-0.2, 0) is 0 Å². The highest BCUT2D eigenvalue weighted by Gasteiger charge is 2.68. The van der Waals surface area contributed by atoms with Crippen LogP contribution in [0.15, 0.2) is 0 Å². The maximum atomic E-state index is 10.4. The van der Waals surface area contributed by atoms with Crippen LogP contribution in [0, 0.1) is 57.2 Å². The molecule has 5 saturated carbocycles. The van der Waals surface area contributed by atoms with E-state index >= 15 is 0 Å². The van der Waals surface area contributed by atoms with Gasteiger partial charge in [0.25, 0.3) is 0 Å². The van der Waals surface area contributed by atoms with Crippen LogP contribution in [0.2, 0.25) is 0 Å². The molecule has 5 fully saturated rings. The van der Waals surface area contributed by atoms with Crippen LogP contribution in [0.1, 0.15) is 112 Å². The summed E-state index contributed by atoms with van der Waals surface area (Å²) in [5, 5.41) is 10.4. The summed E-state index contributed by atoms with van der Waals surface area (Å²) in [6, 6.07) is 0. The standard InChI is InChI=1S/C28H48O/c1-6-20-11-14-25(3)21(19(20)2)12-15-27(5)24(25)10-9-22-23-8-7-13-28(23,18-29)17-16-26(22,27)4/h19-24,29H,6-18H2,1-5H3/t19?,20?,21?,22?,23?,24?,25?,26-,27?,28?/m1/s1. The summed E-state index contributed by atoms with van der Waals surface area (Å²) in [5.41, 5.74) is 1.89. The summed E-state index contributed by atoms with van der Waals surface area (Å²) in [4.78, 5) is 0. The molecule has 0 bridgehead atoms. The van der Waals surface area contributed by atoms with E-state index < -0.39 is 0 Å². The molecule has 5 aliphatic carbocycles. The molecular formula is C28H48O. The summed E-state index contributed by atoms with van der Waals surface area (Å²) >= 11 is 0. The van der Waals surface area contributed by atoms with E-state index in [2.05, 4.69) is 34.6 Å². The van der Waals surface area contributed by atoms with Crippen molar-refractivity contribution in [1.29, 1.82) is 0 Å². The van der Waals surface area contributed by atoms with Crippen molar-refractivity contribution in [2.45, 2.75) is 112 Å². The van der Waals surface area contributed by atoms with Crippen LogP contribution in [0.5, 0.6) is 0 Å². The average Bonchev–Trinajstić information content (AvgIpc) is 3.13. The molecule has 1 N–H and O–H groups in total. The summed E-state index contributed by atoms with van der Waals surface area (Å²) in [5.74, 6) is 5.48. The second-order valence-electron chi connectivity index (χ2n) is 13.3. The average molecular weight is 401 g/mol. The molecule has 0 aliphatic heterocycles. The van der Waals surface area contributed by atoms with Gasteiger partial charge in [-0.05, 0) is 121 Å². The van der Waals surface area contributed by atoms with Crippen molar-refractivity contribution in [3.8, 4) is 0 Å². The molecule has 0 spiro atoms. The molecule has 166 valence electrons. The number of fused-ring (bicyclic) bond motifs is 7. The van der Waals surface area contributed by atoms with Gasteiger partial charge in [-0.2, -0.15) is 0 Å². The van der Waals surface area contributed by atoms with Crippen LogP contribution in [0.25, 0.3) is 0 Å². The van der Waals surface area contributed by atoms with Gasteiger partial charge in [0.1, 0.15) is 0 Å². The fourth-order valence-electron chi connectivity index (χ4n) is 11.3. The molecule has 0 heterocycles. The lowest BCUT2D eigenvalue weighted by Gasteiger charge is -2.72. The first-order valence-corrected chi connectivity index (χ1v) is 13.4. The fraction of sp³-hybridized carbons (Fsp3) is 1.00. The number of hydrogen-bond acceptors (Lipinski definition) is 1. The first-order valence-electron chi connectivity index (χ1n) is 13.4. The first kappa shape index (κ1) is 20.8. The van der Waals surface area contributed by atoms with E-state index in [1.54, 1.807) is 0 Å². The summed E-state index contributed by atoms with van der Waals surface area (Å²) in [7, 11) is 0. The van der Waals surface area contributed by atoms with Crippen molar-refractivity contribution in [2.75, 3.05) is 6.61 Å². The first-order chi connectivity index (χ1) is 13.8. The molecule has 0 aromatic carbocycles. The van der Waals surface area contributed by atoms with Gasteiger partial charge in [-0.25, -0.2) is 0 Å². The molecule has 1 nitrogen and oxygen atoms in total. The molecule has 5 rings (SSSR count). The summed E-state index contributed by atoms with van der Waals surface area (Å²) in [6.07, 6.45) is 17.0. The van der Waals surface area contributed by atoms with Gasteiger partial charge in [-0.3, -0.25) is 0 Å². The SMILES string of the molecule is CCC1CCC2(C)C(CCC3(C)C2CCC2C4CCCC4(CO)CC[C@]23C)C1C. The second kappa shape index (κ2) is 6.73. The van der Waals surface area contributed by atoms with Gasteiger partial charge < -0.3 is 5.11 Å². The molecule has 0 radical (unpaired) electrons. The normalized spacial score (nSPS) is 59.4. The number of aliphatic hydroxyl groups excluding tert-OH is 1. The van der Waals surface area contributed by atoms with Crippen LogP contribution in [0.4, 0.5) is 0 Å². The predicted molar refractivity (Wildman–Crippen MR) is 122 cm³/mol. The lowest BCUT2D eigenvalue weighted by atomic mass is 9.33. The summed E-state index contributed by atoms with van der Waals surface area (Å²) < 4.78 is 0. The molecule has 0 saturated heterocycles. The molecule has 10 atom stereocenters. The van der Waals surface area contributed by atoms with Gasteiger partial charge in [-0.15, -0.1) is 0 Å². The van der Waals surface area contributed by atoms with Gasteiger partial charge in [0.15, 0.2) is 0 Å². The van der Waals surface area contributed by atoms with Crippen molar-refractivity contribution in [3.05, 3.63) is 0 Å². The number of hydrogen-bond donors (Lipinski definition) is 1. The largest absolute Gasteiger partial charge is 0.396 e. The van der Waals surface area contributed by atoms with Crippen molar-refractivity contribution in [2.24, 2.45) is 57.2 Å². The number of aliphatic hydroxyl groups is 1. The lowest BCUT2D eigenvalue weighted by Crippen LogP contribution is -2.65. The smallest absolute Gasteiger partial charge is 0.0490 e. The third kappa shape index (κ3) is 2.49. The Labute approximate surface area is 180 Å². The van der Waals surface area contributed by atoms with Gasteiger partial charge in [-0.1, -0.05) is 47.5 Å². The second-order valence-corrected chi connectivity index (χ2v) is 13.3. The Morgan fingerprint density at radius 2 is 1.55 bits per heavy atom. The van der Waals surface area contributed by atoms with E-state index in [4.69, 9.17) is 0 Å². The van der Waals surface area contributed by atoms with E-state index in [-0.39, 0.29) is 0 Å². The Kier molecular flexibility index (Phi) is 4.83. The Bertz CT molecular complexity index is 642. The van der Waals surface area contributed by atoms with E-state index in [9.17, 15) is 5.11 Å². The highest BCUT2D eigenvalue weighted by Crippen LogP contribution is 2.76. The zero-order valence-electron chi connectivity index (χ0n) is 20.1. The van der Waals surface area contributed by atoms with Gasteiger partial charge in [0.2, 0.25) is 0 Å². The molecule has 29 heavy (non-hydrogen) atoms. The summed E-state index contributed by atoms with van der Waals surface area (Å²) in [6.45, 7) is 13.7. The Morgan fingerprint density at radius 1 is 0.759 bits per heavy atom. The predicted octanol–water partition coefficient (Wildman–Crippen LogP) is 7.47. The fourth-order valence-corrected chi connectivity index (χ4v) is 11.3. The molecule has 9 unspecified atom stereocenters. The third-order valence-corrected chi connectivity index (χ3v) is 13.2. The van der Waals surface area contributed by atoms with Crippen LogP contribution < -0.4 is 0 Å². The molecular weight excluding hydrogens is 352 g/mol. The number of rotatable bonds is 2. The van der Waals surface area contributed by atoms with E-state index in [0.29, 0.717) is 28.3 Å². The van der Waals surface area contributed by atoms with E-state index in [1.165, 1.54) is 77.0 Å². The molecule has 0 aromatic rings. The third-order valence-electron chi connectivity index (χ3n) is 13.2. The quantitative estimate of drug-likeness (QED) is 0.509. The molecule has 1 heteroatoms. The zero-order valence-corrected chi connectivity index (χ0v) is 20.1. The van der Waals surface area contributed by atoms with E-state index in [0.717, 1.165) is 35.5 Å². The van der Waals surface area contributed by atoms with Crippen LogP contribution in [0.3, 0.4) is 0 Å². The van der Waals surface area contributed by atoms with Crippen molar-refractivity contribution < 1.29 is 5.11 Å². The minimum absolute atomic E-state index is 0.294. The Hall–Kier alpha value is -0.0400. The molecule has 0 aromatic heterocycles. The van der Waals surface area contributed by atoms with Crippen LogP contribution in [-0.4, -0.2) is 11.7 Å². The zero-order chi connectivity index (χ0) is 20.7. The van der Waals surface area contributed by atoms with Crippen molar-refractivity contribution >= 4 is 0 Å². The van der Waals surface area contributed by atoms with Crippen molar-refractivity contribution in [1.82, 2.24) is 0 Å². The highest BCUT2D eigenvalue weighted by molar-refractivity contribution is 5.17. The van der Waals surface area contributed by atoms with Crippen molar-refractivity contribution in [3.63, 3.8) is 0 Å². The Balaban J connectivity index is 1.49. The lowest BCUT2D eigenvalue weighted by molar-refractivity contribution is -0.232. The monoisotopic (exact) mass is 400 g/mol. The maximum Gasteiger partial charge on any atom is 0.0490 e. The molecule has 5 aliphatic rings. The molecule has 0 amide bonds. The highest BCUT2D eigenvalue weighted by atomic mass is 16.3. The van der Waals surface area contributed by atoms with Gasteiger partial charge in [0.05, 0.1) is 0 Å². The minimum Gasteiger partial charge on any atom is -0.396 e. The topological polar surface area (TPSA) is 20.2 Å². The Morgan fingerprint density at radius 3 is 2.28 bits per heavy atom. The van der Waals surface area contributed by atoms with Crippen LogP contribution >= 0.6 is 0 Å². The van der Waals surface area contributed by atoms with Gasteiger partial charge in [0, 0.05) is 6.61 Å².